The Morgan fingerprint density at radius 2 is 1.88 bits per heavy atom. The molecule has 0 aliphatic rings. The Kier molecular flexibility index (Phi) is 7.62. The lowest BCUT2D eigenvalue weighted by Crippen LogP contribution is -2.29. The lowest BCUT2D eigenvalue weighted by atomic mass is 10.2. The number of nitrogens with one attached hydrogen (secondary N) is 2. The molecule has 130 valence electrons. The molecule has 0 unspecified atom stereocenters. The van der Waals surface area contributed by atoms with Crippen molar-refractivity contribution in [2.45, 2.75) is 0 Å². The highest BCUT2D eigenvalue weighted by Gasteiger charge is 2.05. The predicted molar refractivity (Wildman–Crippen MR) is 114 cm³/mol. The molecule has 0 spiro atoms. The molecule has 3 N–H and O–H groups in total. The molecule has 6 nitrogen and oxygen atoms in total. The fraction of sp³-hybridized carbons (Fsp3) is 0.118. The molecular weight excluding hydrogens is 548 g/mol. The number of hydrogen-bond acceptors (Lipinski definition) is 4. The van der Waals surface area contributed by atoms with Crippen LogP contribution in [0.15, 0.2) is 42.6 Å². The van der Waals surface area contributed by atoms with Crippen LogP contribution in [-0.2, 0) is 4.79 Å². The maximum atomic E-state index is 12.0. The Hall–Kier alpha value is -1.69. The second-order valence-corrected chi connectivity index (χ2v) is 7.37. The van der Waals surface area contributed by atoms with Gasteiger partial charge in [0.2, 0.25) is 0 Å². The smallest absolute Gasteiger partial charge is 0.328 e. The van der Waals surface area contributed by atoms with Crippen LogP contribution in [0.4, 0.5) is 5.82 Å². The van der Waals surface area contributed by atoms with Gasteiger partial charge in [0.25, 0.3) is 5.91 Å². The van der Waals surface area contributed by atoms with Crippen molar-refractivity contribution in [1.29, 1.82) is 0 Å². The number of aliphatic carboxylic acids is 1. The highest BCUT2D eigenvalue weighted by Crippen LogP contribution is 2.17. The third kappa shape index (κ3) is 6.61. The summed E-state index contributed by atoms with van der Waals surface area (Å²) in [6.07, 6.45) is 4.15. The number of carboxylic acid groups (broad SMARTS) is 1. The first kappa shape index (κ1) is 19.6. The van der Waals surface area contributed by atoms with Crippen LogP contribution in [0.2, 0.25) is 0 Å². The van der Waals surface area contributed by atoms with E-state index in [1.165, 1.54) is 6.08 Å². The molecular formula is C17H15I2N3O3. The quantitative estimate of drug-likeness (QED) is 0.274. The summed E-state index contributed by atoms with van der Waals surface area (Å²) in [5, 5.41) is 14.6. The second kappa shape index (κ2) is 9.70. The number of aromatic nitrogens is 1. The molecule has 0 fully saturated rings. The van der Waals surface area contributed by atoms with E-state index in [1.807, 2.05) is 18.2 Å². The summed E-state index contributed by atoms with van der Waals surface area (Å²) in [7, 11) is 0. The Balaban J connectivity index is 1.82. The van der Waals surface area contributed by atoms with Gasteiger partial charge in [-0.1, -0.05) is 0 Å². The number of pyridine rings is 1. The van der Waals surface area contributed by atoms with Gasteiger partial charge in [0.05, 0.1) is 3.57 Å². The van der Waals surface area contributed by atoms with Gasteiger partial charge in [-0.25, -0.2) is 9.78 Å². The van der Waals surface area contributed by atoms with Crippen molar-refractivity contribution in [1.82, 2.24) is 10.3 Å². The summed E-state index contributed by atoms with van der Waals surface area (Å²) >= 11 is 4.32. The molecule has 25 heavy (non-hydrogen) atoms. The van der Waals surface area contributed by atoms with Gasteiger partial charge in [-0.2, -0.15) is 0 Å². The maximum absolute atomic E-state index is 12.0. The van der Waals surface area contributed by atoms with Crippen LogP contribution in [0.3, 0.4) is 0 Å². The number of carbonyl (C=O) groups is 2. The first-order valence-corrected chi connectivity index (χ1v) is 9.45. The number of rotatable bonds is 7. The van der Waals surface area contributed by atoms with Gasteiger partial charge in [-0.15, -0.1) is 0 Å². The van der Waals surface area contributed by atoms with Crippen LogP contribution >= 0.6 is 45.2 Å². The topological polar surface area (TPSA) is 91.3 Å². The Labute approximate surface area is 172 Å². The molecule has 2 rings (SSSR count). The average Bonchev–Trinajstić information content (AvgIpc) is 2.58. The number of nitrogens with zero attached hydrogens (tertiary/aromatic N) is 1. The normalized spacial score (nSPS) is 10.6. The van der Waals surface area contributed by atoms with Crippen LogP contribution in [0.1, 0.15) is 15.9 Å². The highest BCUT2D eigenvalue weighted by molar-refractivity contribution is 14.1. The van der Waals surface area contributed by atoms with E-state index in [1.54, 1.807) is 18.3 Å². The molecule has 0 saturated carbocycles. The van der Waals surface area contributed by atoms with Crippen molar-refractivity contribution in [2.75, 3.05) is 18.4 Å². The second-order valence-electron chi connectivity index (χ2n) is 4.96. The summed E-state index contributed by atoms with van der Waals surface area (Å²) in [6, 6.07) is 9.19. The van der Waals surface area contributed by atoms with E-state index < -0.39 is 5.97 Å². The lowest BCUT2D eigenvalue weighted by Gasteiger charge is -2.09. The van der Waals surface area contributed by atoms with Gasteiger partial charge in [0.15, 0.2) is 0 Å². The van der Waals surface area contributed by atoms with Crippen molar-refractivity contribution >= 4 is 69.0 Å². The van der Waals surface area contributed by atoms with E-state index >= 15 is 0 Å². The highest BCUT2D eigenvalue weighted by atomic mass is 127. The molecule has 0 radical (unpaired) electrons. The van der Waals surface area contributed by atoms with Crippen LogP contribution in [0.5, 0.6) is 0 Å². The van der Waals surface area contributed by atoms with E-state index in [0.29, 0.717) is 30.0 Å². The van der Waals surface area contributed by atoms with Crippen LogP contribution in [0.25, 0.3) is 6.08 Å². The van der Waals surface area contributed by atoms with Gasteiger partial charge in [-0.05, 0) is 87.2 Å². The first-order valence-electron chi connectivity index (χ1n) is 7.30. The van der Waals surface area contributed by atoms with E-state index in [0.717, 1.165) is 13.2 Å². The van der Waals surface area contributed by atoms with Crippen molar-refractivity contribution in [3.8, 4) is 0 Å². The molecule has 1 aromatic heterocycles. The van der Waals surface area contributed by atoms with Crippen molar-refractivity contribution in [3.63, 3.8) is 0 Å². The molecule has 0 atom stereocenters. The molecule has 0 saturated heterocycles. The monoisotopic (exact) mass is 563 g/mol. The number of halogens is 2. The molecule has 1 aromatic carbocycles. The van der Waals surface area contributed by atoms with Gasteiger partial charge in [-0.3, -0.25) is 4.79 Å². The third-order valence-electron chi connectivity index (χ3n) is 3.09. The summed E-state index contributed by atoms with van der Waals surface area (Å²) in [6.45, 7) is 0.993. The standard InChI is InChI=1S/C17H15I2N3O3/c18-13-4-2-12(3-5-13)17(25)21-8-7-20-16-14(19)9-11(10-22-16)1-6-15(23)24/h1-6,9-10H,7-8H2,(H,20,22)(H,21,25)(H,23,24)/b6-1+. The minimum atomic E-state index is -0.999. The molecule has 0 bridgehead atoms. The van der Waals surface area contributed by atoms with E-state index in [-0.39, 0.29) is 5.91 Å². The van der Waals surface area contributed by atoms with Crippen molar-refractivity contribution in [3.05, 3.63) is 60.9 Å². The van der Waals surface area contributed by atoms with Crippen LogP contribution < -0.4 is 10.6 Å². The Morgan fingerprint density at radius 3 is 2.52 bits per heavy atom. The number of amides is 1. The van der Waals surface area contributed by atoms with Gasteiger partial charge >= 0.3 is 5.97 Å². The largest absolute Gasteiger partial charge is 0.478 e. The van der Waals surface area contributed by atoms with E-state index in [2.05, 4.69) is 60.8 Å². The first-order chi connectivity index (χ1) is 12.0. The molecule has 8 heteroatoms. The van der Waals surface area contributed by atoms with E-state index in [9.17, 15) is 9.59 Å². The Morgan fingerprint density at radius 1 is 1.16 bits per heavy atom. The predicted octanol–water partition coefficient (Wildman–Crippen LogP) is 3.23. The molecule has 0 aliphatic carbocycles. The molecule has 2 aromatic rings. The summed E-state index contributed by atoms with van der Waals surface area (Å²) in [4.78, 5) is 26.8. The fourth-order valence-electron chi connectivity index (χ4n) is 1.90. The zero-order chi connectivity index (χ0) is 18.2. The summed E-state index contributed by atoms with van der Waals surface area (Å²) in [5.74, 6) is -0.423. The zero-order valence-electron chi connectivity index (χ0n) is 13.0. The minimum Gasteiger partial charge on any atom is -0.478 e. The summed E-state index contributed by atoms with van der Waals surface area (Å²) in [5.41, 5.74) is 1.34. The third-order valence-corrected chi connectivity index (χ3v) is 4.63. The zero-order valence-corrected chi connectivity index (χ0v) is 17.3. The molecule has 0 aliphatic heterocycles. The maximum Gasteiger partial charge on any atom is 0.328 e. The van der Waals surface area contributed by atoms with Crippen LogP contribution in [0, 0.1) is 7.14 Å². The van der Waals surface area contributed by atoms with Crippen LogP contribution in [-0.4, -0.2) is 35.1 Å². The number of benzene rings is 1. The van der Waals surface area contributed by atoms with Gasteiger partial charge < -0.3 is 15.7 Å². The Bertz CT molecular complexity index is 792. The number of hydrogen-bond donors (Lipinski definition) is 3. The SMILES string of the molecule is O=C(O)/C=C/c1cnc(NCCNC(=O)c2ccc(I)cc2)c(I)c1. The van der Waals surface area contributed by atoms with E-state index in [4.69, 9.17) is 5.11 Å². The number of carbonyl (C=O) groups excluding carboxylic acids is 1. The molecule has 1 amide bonds. The average molecular weight is 563 g/mol. The van der Waals surface area contributed by atoms with Crippen molar-refractivity contribution < 1.29 is 14.7 Å². The van der Waals surface area contributed by atoms with Gasteiger partial charge in [0, 0.05) is 34.5 Å². The number of carboxylic acids is 1. The van der Waals surface area contributed by atoms with Gasteiger partial charge in [0.1, 0.15) is 5.82 Å². The molecule has 1 heterocycles. The van der Waals surface area contributed by atoms with Crippen molar-refractivity contribution in [2.24, 2.45) is 0 Å². The minimum absolute atomic E-state index is 0.116. The summed E-state index contributed by atoms with van der Waals surface area (Å²) < 4.78 is 1.95. The number of anilines is 1. The fourth-order valence-corrected chi connectivity index (χ4v) is 2.95. The lowest BCUT2D eigenvalue weighted by molar-refractivity contribution is -0.131.